The highest BCUT2D eigenvalue weighted by Crippen LogP contribution is 2.34. The molecule has 4 heteroatoms. The van der Waals surface area contributed by atoms with Crippen LogP contribution >= 0.6 is 12.2 Å². The molecule has 1 rings (SSSR count). The summed E-state index contributed by atoms with van der Waals surface area (Å²) in [5, 5.41) is 2.89. The number of Topliss-reactive ketones (excluding diaryl/α,β-unsaturated/α-hetero) is 2. The summed E-state index contributed by atoms with van der Waals surface area (Å²) in [7, 11) is 0. The third-order valence-corrected chi connectivity index (χ3v) is 2.94. The minimum Gasteiger partial charge on any atom is -0.379 e. The lowest BCUT2D eigenvalue weighted by Crippen LogP contribution is -2.45. The number of thiocarbonyl (C=S) groups is 1. The van der Waals surface area contributed by atoms with Crippen molar-refractivity contribution in [1.29, 1.82) is 0 Å². The van der Waals surface area contributed by atoms with E-state index in [0.29, 0.717) is 24.4 Å². The number of carbonyl (C=O) groups is 2. The van der Waals surface area contributed by atoms with Gasteiger partial charge in [0.05, 0.1) is 4.99 Å². The van der Waals surface area contributed by atoms with E-state index in [1.165, 1.54) is 0 Å². The summed E-state index contributed by atoms with van der Waals surface area (Å²) in [5.74, 6) is -0.766. The highest BCUT2D eigenvalue weighted by atomic mass is 32.1. The molecule has 15 heavy (non-hydrogen) atoms. The number of hydrogen-bond acceptors (Lipinski definition) is 3. The Labute approximate surface area is 95.6 Å². The molecule has 0 heterocycles. The lowest BCUT2D eigenvalue weighted by molar-refractivity contribution is -0.136. The first kappa shape index (κ1) is 12.3. The van der Waals surface area contributed by atoms with Gasteiger partial charge in [0.2, 0.25) is 0 Å². The van der Waals surface area contributed by atoms with Crippen LogP contribution in [0.5, 0.6) is 0 Å². The van der Waals surface area contributed by atoms with Gasteiger partial charge in [-0.2, -0.15) is 0 Å². The van der Waals surface area contributed by atoms with Gasteiger partial charge in [0.1, 0.15) is 5.92 Å². The zero-order chi connectivity index (χ0) is 11.6. The first-order chi connectivity index (χ1) is 6.87. The van der Waals surface area contributed by atoms with Gasteiger partial charge in [-0.05, 0) is 12.3 Å². The molecule has 3 nitrogen and oxygen atoms in total. The third-order valence-electron chi connectivity index (χ3n) is 2.56. The van der Waals surface area contributed by atoms with Gasteiger partial charge < -0.3 is 5.32 Å². The molecule has 0 aliphatic heterocycles. The second kappa shape index (κ2) is 4.39. The molecular formula is C11H17NO2S. The van der Waals surface area contributed by atoms with E-state index in [1.807, 2.05) is 20.8 Å². The maximum atomic E-state index is 11.8. The Morgan fingerprint density at radius 1 is 1.40 bits per heavy atom. The van der Waals surface area contributed by atoms with Crippen LogP contribution in [0.15, 0.2) is 0 Å². The Bertz CT molecular complexity index is 290. The Morgan fingerprint density at radius 3 is 2.27 bits per heavy atom. The zero-order valence-corrected chi connectivity index (χ0v) is 10.2. The van der Waals surface area contributed by atoms with E-state index >= 15 is 0 Å². The maximum absolute atomic E-state index is 11.8. The van der Waals surface area contributed by atoms with Gasteiger partial charge in [0.15, 0.2) is 11.6 Å². The molecule has 84 valence electrons. The van der Waals surface area contributed by atoms with Crippen molar-refractivity contribution in [2.75, 3.05) is 6.54 Å². The molecule has 0 unspecified atom stereocenters. The van der Waals surface area contributed by atoms with Crippen molar-refractivity contribution < 1.29 is 9.59 Å². The van der Waals surface area contributed by atoms with Crippen molar-refractivity contribution in [1.82, 2.24) is 5.32 Å². The van der Waals surface area contributed by atoms with E-state index in [0.717, 1.165) is 0 Å². The monoisotopic (exact) mass is 227 g/mol. The Morgan fingerprint density at radius 2 is 1.87 bits per heavy atom. The van der Waals surface area contributed by atoms with E-state index in [4.69, 9.17) is 12.2 Å². The fourth-order valence-electron chi connectivity index (χ4n) is 1.96. The van der Waals surface area contributed by atoms with Crippen LogP contribution in [0.25, 0.3) is 0 Å². The van der Waals surface area contributed by atoms with E-state index in [9.17, 15) is 9.59 Å². The van der Waals surface area contributed by atoms with Gasteiger partial charge in [0, 0.05) is 19.4 Å². The van der Waals surface area contributed by atoms with Crippen molar-refractivity contribution in [3.63, 3.8) is 0 Å². The summed E-state index contributed by atoms with van der Waals surface area (Å²) >= 11 is 5.05. The van der Waals surface area contributed by atoms with Gasteiger partial charge in [-0.15, -0.1) is 0 Å². The van der Waals surface area contributed by atoms with Crippen molar-refractivity contribution in [3.8, 4) is 0 Å². The quantitative estimate of drug-likeness (QED) is 0.573. The van der Waals surface area contributed by atoms with Crippen LogP contribution in [0, 0.1) is 11.3 Å². The minimum atomic E-state index is -0.687. The molecule has 0 radical (unpaired) electrons. The van der Waals surface area contributed by atoms with Crippen molar-refractivity contribution in [3.05, 3.63) is 0 Å². The summed E-state index contributed by atoms with van der Waals surface area (Å²) in [6.45, 7) is 6.43. The summed E-state index contributed by atoms with van der Waals surface area (Å²) in [5.41, 5.74) is -0.202. The van der Waals surface area contributed by atoms with Gasteiger partial charge in [0.25, 0.3) is 0 Å². The number of rotatable bonds is 2. The molecule has 1 aliphatic carbocycles. The average molecular weight is 227 g/mol. The third kappa shape index (κ3) is 2.84. The number of hydrogen-bond donors (Lipinski definition) is 1. The predicted molar refractivity (Wildman–Crippen MR) is 62.8 cm³/mol. The van der Waals surface area contributed by atoms with Crippen molar-refractivity contribution in [2.24, 2.45) is 11.3 Å². The molecule has 0 saturated heterocycles. The molecule has 0 spiro atoms. The van der Waals surface area contributed by atoms with Gasteiger partial charge in [-0.3, -0.25) is 9.59 Å². The van der Waals surface area contributed by atoms with Crippen LogP contribution < -0.4 is 5.32 Å². The molecule has 1 aliphatic rings. The van der Waals surface area contributed by atoms with Crippen LogP contribution in [0.4, 0.5) is 0 Å². The van der Waals surface area contributed by atoms with Crippen LogP contribution in [0.2, 0.25) is 0 Å². The summed E-state index contributed by atoms with van der Waals surface area (Å²) in [6, 6.07) is 0. The zero-order valence-electron chi connectivity index (χ0n) is 9.42. The highest BCUT2D eigenvalue weighted by molar-refractivity contribution is 7.80. The minimum absolute atomic E-state index is 0.0396. The standard InChI is InChI=1S/C11H17NO2S/c1-4-12-10(15)9-7(13)5-11(2,3)6-8(9)14/h9H,4-6H2,1-3H3,(H,12,15). The van der Waals surface area contributed by atoms with Gasteiger partial charge in [-0.1, -0.05) is 26.1 Å². The molecule has 1 fully saturated rings. The molecule has 0 atom stereocenters. The molecule has 0 aromatic rings. The molecule has 0 aromatic heterocycles. The van der Waals surface area contributed by atoms with E-state index in [-0.39, 0.29) is 17.0 Å². The largest absolute Gasteiger partial charge is 0.379 e. The molecular weight excluding hydrogens is 210 g/mol. The molecule has 0 amide bonds. The van der Waals surface area contributed by atoms with Crippen molar-refractivity contribution >= 4 is 28.8 Å². The molecule has 1 saturated carbocycles. The van der Waals surface area contributed by atoms with E-state index in [1.54, 1.807) is 0 Å². The summed E-state index contributed by atoms with van der Waals surface area (Å²) in [4.78, 5) is 24.0. The Kier molecular flexibility index (Phi) is 3.60. The van der Waals surface area contributed by atoms with Crippen molar-refractivity contribution in [2.45, 2.75) is 33.6 Å². The van der Waals surface area contributed by atoms with Gasteiger partial charge >= 0.3 is 0 Å². The topological polar surface area (TPSA) is 46.2 Å². The molecule has 0 bridgehead atoms. The normalized spacial score (nSPS) is 21.5. The molecule has 0 aromatic carbocycles. The summed E-state index contributed by atoms with van der Waals surface area (Å²) in [6.07, 6.45) is 0.879. The summed E-state index contributed by atoms with van der Waals surface area (Å²) < 4.78 is 0. The smallest absolute Gasteiger partial charge is 0.150 e. The molecule has 1 N–H and O–H groups in total. The van der Waals surface area contributed by atoms with Crippen LogP contribution in [-0.2, 0) is 9.59 Å². The average Bonchev–Trinajstić information content (AvgIpc) is 1.99. The first-order valence-electron chi connectivity index (χ1n) is 5.20. The van der Waals surface area contributed by atoms with E-state index in [2.05, 4.69) is 5.32 Å². The first-order valence-corrected chi connectivity index (χ1v) is 5.61. The lowest BCUT2D eigenvalue weighted by atomic mass is 9.71. The van der Waals surface area contributed by atoms with Crippen LogP contribution in [0.1, 0.15) is 33.6 Å². The van der Waals surface area contributed by atoms with Crippen LogP contribution in [0.3, 0.4) is 0 Å². The fourth-order valence-corrected chi connectivity index (χ4v) is 2.37. The van der Waals surface area contributed by atoms with Gasteiger partial charge in [-0.25, -0.2) is 0 Å². The number of ketones is 2. The second-order valence-corrected chi connectivity index (χ2v) is 5.22. The Balaban J connectivity index is 2.80. The van der Waals surface area contributed by atoms with E-state index < -0.39 is 5.92 Å². The number of carbonyl (C=O) groups excluding carboxylic acids is 2. The van der Waals surface area contributed by atoms with Crippen LogP contribution in [-0.4, -0.2) is 23.1 Å². The Hall–Kier alpha value is -0.770. The highest BCUT2D eigenvalue weighted by Gasteiger charge is 2.41. The maximum Gasteiger partial charge on any atom is 0.150 e. The predicted octanol–water partition coefficient (Wildman–Crippen LogP) is 1.50. The lowest BCUT2D eigenvalue weighted by Gasteiger charge is -2.32. The fraction of sp³-hybridized carbons (Fsp3) is 0.727. The second-order valence-electron chi connectivity index (χ2n) is 4.78. The number of nitrogens with one attached hydrogen (secondary N) is 1. The SMILES string of the molecule is CCNC(=S)C1C(=O)CC(C)(C)CC1=O.